The van der Waals surface area contributed by atoms with Crippen molar-refractivity contribution in [2.75, 3.05) is 11.9 Å². The number of hydrogen-bond acceptors (Lipinski definition) is 4. The number of amides is 1. The van der Waals surface area contributed by atoms with Crippen LogP contribution in [0.15, 0.2) is 28.8 Å². The van der Waals surface area contributed by atoms with Gasteiger partial charge in [0.25, 0.3) is 5.91 Å². The number of aryl methyl sites for hydroxylation is 1. The molecule has 0 unspecified atom stereocenters. The molecule has 2 N–H and O–H groups in total. The number of rotatable bonds is 3. The normalized spacial score (nSPS) is 9.86. The van der Waals surface area contributed by atoms with Crippen molar-refractivity contribution >= 4 is 11.6 Å². The Kier molecular flexibility index (Phi) is 4.69. The zero-order chi connectivity index (χ0) is 15.2. The summed E-state index contributed by atoms with van der Waals surface area (Å²) in [5.41, 5.74) is 1.08. The molecule has 0 saturated carbocycles. The number of anilines is 1. The first-order valence-electron chi connectivity index (χ1n) is 6.24. The van der Waals surface area contributed by atoms with E-state index in [-0.39, 0.29) is 24.4 Å². The lowest BCUT2D eigenvalue weighted by atomic mass is 10.2. The summed E-state index contributed by atoms with van der Waals surface area (Å²) in [5.74, 6) is 4.23. The molecule has 0 aliphatic heterocycles. The number of benzene rings is 1. The minimum absolute atomic E-state index is 0.0553. The van der Waals surface area contributed by atoms with Crippen molar-refractivity contribution in [3.63, 3.8) is 0 Å². The molecule has 0 fully saturated rings. The van der Waals surface area contributed by atoms with Crippen molar-refractivity contribution in [2.45, 2.75) is 13.3 Å². The molecule has 0 radical (unpaired) electrons. The van der Waals surface area contributed by atoms with E-state index in [0.717, 1.165) is 0 Å². The van der Waals surface area contributed by atoms with Gasteiger partial charge in [0.15, 0.2) is 0 Å². The minimum Gasteiger partial charge on any atom is -0.395 e. The van der Waals surface area contributed by atoms with E-state index < -0.39 is 11.7 Å². The highest BCUT2D eigenvalue weighted by atomic mass is 19.1. The van der Waals surface area contributed by atoms with Crippen molar-refractivity contribution < 1.29 is 18.8 Å². The summed E-state index contributed by atoms with van der Waals surface area (Å²) in [7, 11) is 0. The Balaban J connectivity index is 2.10. The minimum atomic E-state index is -0.549. The highest BCUT2D eigenvalue weighted by Crippen LogP contribution is 2.15. The molecule has 0 saturated heterocycles. The quantitative estimate of drug-likeness (QED) is 0.848. The monoisotopic (exact) mass is 288 g/mol. The van der Waals surface area contributed by atoms with Gasteiger partial charge in [0.2, 0.25) is 5.76 Å². The predicted octanol–water partition coefficient (Wildman–Crippen LogP) is 2.11. The van der Waals surface area contributed by atoms with E-state index >= 15 is 0 Å². The topological polar surface area (TPSA) is 75.4 Å². The number of carbonyl (C=O) groups is 1. The van der Waals surface area contributed by atoms with Gasteiger partial charge < -0.3 is 14.9 Å². The maximum atomic E-state index is 13.8. The first-order chi connectivity index (χ1) is 10.1. The summed E-state index contributed by atoms with van der Waals surface area (Å²) in [6.45, 7) is 1.62. The fraction of sp³-hybridized carbons (Fsp3) is 0.200. The molecule has 0 bridgehead atoms. The van der Waals surface area contributed by atoms with Crippen LogP contribution >= 0.6 is 0 Å². The van der Waals surface area contributed by atoms with Gasteiger partial charge in [-0.3, -0.25) is 4.79 Å². The van der Waals surface area contributed by atoms with E-state index in [9.17, 15) is 9.18 Å². The third-order valence-corrected chi connectivity index (χ3v) is 2.54. The standard InChI is InChI=1S/C15H13FN2O3/c1-10-8-14(21-18-10)15(20)17-12-6-5-11(13(16)9-12)4-2-3-7-19/h5-6,8-9,19H,3,7H2,1H3,(H,17,20). The van der Waals surface area contributed by atoms with Crippen LogP contribution in [-0.4, -0.2) is 22.8 Å². The largest absolute Gasteiger partial charge is 0.395 e. The Bertz CT molecular complexity index is 713. The summed E-state index contributed by atoms with van der Waals surface area (Å²) in [6, 6.07) is 5.65. The third kappa shape index (κ3) is 3.91. The van der Waals surface area contributed by atoms with Crippen molar-refractivity contribution in [1.29, 1.82) is 0 Å². The lowest BCUT2D eigenvalue weighted by Crippen LogP contribution is -2.11. The average Bonchev–Trinajstić information content (AvgIpc) is 2.88. The summed E-state index contributed by atoms with van der Waals surface area (Å²) in [4.78, 5) is 11.8. The highest BCUT2D eigenvalue weighted by molar-refractivity contribution is 6.02. The number of hydrogen-bond donors (Lipinski definition) is 2. The zero-order valence-corrected chi connectivity index (χ0v) is 11.3. The summed E-state index contributed by atoms with van der Waals surface area (Å²) < 4.78 is 18.6. The molecule has 0 atom stereocenters. The molecular formula is C15H13FN2O3. The van der Waals surface area contributed by atoms with Crippen LogP contribution in [0, 0.1) is 24.6 Å². The van der Waals surface area contributed by atoms with E-state index in [4.69, 9.17) is 9.63 Å². The molecule has 108 valence electrons. The molecule has 1 aromatic carbocycles. The maximum absolute atomic E-state index is 13.8. The molecule has 1 heterocycles. The van der Waals surface area contributed by atoms with Crippen molar-refractivity contribution in [2.24, 2.45) is 0 Å². The Hall–Kier alpha value is -2.65. The van der Waals surface area contributed by atoms with Gasteiger partial charge in [-0.05, 0) is 25.1 Å². The average molecular weight is 288 g/mol. The number of aliphatic hydroxyl groups excluding tert-OH is 1. The molecule has 2 aromatic rings. The van der Waals surface area contributed by atoms with Crippen LogP contribution in [0.5, 0.6) is 0 Å². The van der Waals surface area contributed by atoms with Crippen molar-refractivity contribution in [1.82, 2.24) is 5.16 Å². The Labute approximate surface area is 120 Å². The van der Waals surface area contributed by atoms with Crippen LogP contribution in [0.25, 0.3) is 0 Å². The number of nitrogens with one attached hydrogen (secondary N) is 1. The van der Waals surface area contributed by atoms with Gasteiger partial charge in [0.05, 0.1) is 17.9 Å². The maximum Gasteiger partial charge on any atom is 0.294 e. The summed E-state index contributed by atoms with van der Waals surface area (Å²) >= 11 is 0. The molecule has 0 aliphatic carbocycles. The first-order valence-corrected chi connectivity index (χ1v) is 6.24. The van der Waals surface area contributed by atoms with E-state index in [1.165, 1.54) is 24.3 Å². The second-order valence-corrected chi connectivity index (χ2v) is 4.26. The Morgan fingerprint density at radius 1 is 1.48 bits per heavy atom. The lowest BCUT2D eigenvalue weighted by molar-refractivity contribution is 0.0988. The van der Waals surface area contributed by atoms with Gasteiger partial charge in [-0.15, -0.1) is 0 Å². The van der Waals surface area contributed by atoms with Gasteiger partial charge in [-0.1, -0.05) is 17.0 Å². The van der Waals surface area contributed by atoms with Crippen LogP contribution < -0.4 is 5.32 Å². The van der Waals surface area contributed by atoms with Crippen LogP contribution in [0.1, 0.15) is 28.2 Å². The number of carbonyl (C=O) groups excluding carboxylic acids is 1. The molecule has 1 aromatic heterocycles. The summed E-state index contributed by atoms with van der Waals surface area (Å²) in [5, 5.41) is 14.7. The number of aromatic nitrogens is 1. The molecule has 0 aliphatic rings. The fourth-order valence-electron chi connectivity index (χ4n) is 1.57. The lowest BCUT2D eigenvalue weighted by Gasteiger charge is -2.03. The first kappa shape index (κ1) is 14.8. The van der Waals surface area contributed by atoms with Crippen LogP contribution in [0.3, 0.4) is 0 Å². The van der Waals surface area contributed by atoms with Crippen LogP contribution in [0.2, 0.25) is 0 Å². The van der Waals surface area contributed by atoms with E-state index in [1.807, 2.05) is 0 Å². The number of nitrogens with zero attached hydrogens (tertiary/aromatic N) is 1. The second kappa shape index (κ2) is 6.68. The number of halogens is 1. The molecule has 21 heavy (non-hydrogen) atoms. The molecule has 0 spiro atoms. The van der Waals surface area contributed by atoms with Crippen molar-refractivity contribution in [3.05, 3.63) is 47.1 Å². The van der Waals surface area contributed by atoms with Crippen LogP contribution in [-0.2, 0) is 0 Å². The Morgan fingerprint density at radius 3 is 2.90 bits per heavy atom. The second-order valence-electron chi connectivity index (χ2n) is 4.26. The molecule has 1 amide bonds. The van der Waals surface area contributed by atoms with Gasteiger partial charge in [0, 0.05) is 18.2 Å². The SMILES string of the molecule is Cc1cc(C(=O)Nc2ccc(C#CCCO)c(F)c2)on1. The highest BCUT2D eigenvalue weighted by Gasteiger charge is 2.12. The third-order valence-electron chi connectivity index (χ3n) is 2.54. The predicted molar refractivity (Wildman–Crippen MR) is 74.2 cm³/mol. The van der Waals surface area contributed by atoms with Crippen LogP contribution in [0.4, 0.5) is 10.1 Å². The Morgan fingerprint density at radius 2 is 2.29 bits per heavy atom. The van der Waals surface area contributed by atoms with E-state index in [2.05, 4.69) is 22.3 Å². The van der Waals surface area contributed by atoms with Gasteiger partial charge in [-0.25, -0.2) is 4.39 Å². The molecule has 6 heteroatoms. The molecular weight excluding hydrogens is 275 g/mol. The number of aliphatic hydroxyl groups is 1. The fourth-order valence-corrected chi connectivity index (χ4v) is 1.57. The van der Waals surface area contributed by atoms with Gasteiger partial charge >= 0.3 is 0 Å². The van der Waals surface area contributed by atoms with E-state index in [0.29, 0.717) is 11.4 Å². The smallest absolute Gasteiger partial charge is 0.294 e. The molecule has 5 nitrogen and oxygen atoms in total. The van der Waals surface area contributed by atoms with Gasteiger partial charge in [-0.2, -0.15) is 0 Å². The van der Waals surface area contributed by atoms with Gasteiger partial charge in [0.1, 0.15) is 5.82 Å². The zero-order valence-electron chi connectivity index (χ0n) is 11.3. The molecule has 2 rings (SSSR count). The van der Waals surface area contributed by atoms with E-state index in [1.54, 1.807) is 6.92 Å². The van der Waals surface area contributed by atoms with Crippen molar-refractivity contribution in [3.8, 4) is 11.8 Å². The summed E-state index contributed by atoms with van der Waals surface area (Å²) in [6.07, 6.45) is 0.281.